The predicted octanol–water partition coefficient (Wildman–Crippen LogP) is 3.31. The fourth-order valence-corrected chi connectivity index (χ4v) is 2.66. The fraction of sp³-hybridized carbons (Fsp3) is 0.176. The molecule has 0 radical (unpaired) electrons. The van der Waals surface area contributed by atoms with Gasteiger partial charge in [0.25, 0.3) is 5.91 Å². The second-order valence-electron chi connectivity index (χ2n) is 5.03. The Balaban J connectivity index is 2.07. The van der Waals surface area contributed by atoms with Crippen LogP contribution < -0.4 is 4.90 Å². The summed E-state index contributed by atoms with van der Waals surface area (Å²) in [5, 5.41) is 0. The molecule has 0 aliphatic carbocycles. The highest BCUT2D eigenvalue weighted by Gasteiger charge is 2.32. The van der Waals surface area contributed by atoms with Crippen molar-refractivity contribution in [2.75, 3.05) is 4.90 Å². The van der Waals surface area contributed by atoms with Crippen LogP contribution in [0.4, 0.5) is 5.69 Å². The minimum absolute atomic E-state index is 0.0574. The van der Waals surface area contributed by atoms with Gasteiger partial charge in [0, 0.05) is 23.6 Å². The molecule has 2 aromatic rings. The molecule has 0 spiro atoms. The lowest BCUT2D eigenvalue weighted by Crippen LogP contribution is -2.43. The smallest absolute Gasteiger partial charge is 0.258 e. The van der Waals surface area contributed by atoms with Crippen molar-refractivity contribution in [3.63, 3.8) is 0 Å². The number of benzene rings is 2. The summed E-state index contributed by atoms with van der Waals surface area (Å²) in [4.78, 5) is 26.5. The van der Waals surface area contributed by atoms with Gasteiger partial charge in [0.1, 0.15) is 0 Å². The van der Waals surface area contributed by atoms with E-state index in [1.165, 1.54) is 0 Å². The molecular weight excluding hydrogens is 250 g/mol. The van der Waals surface area contributed by atoms with Gasteiger partial charge >= 0.3 is 0 Å². The topological polar surface area (TPSA) is 37.4 Å². The van der Waals surface area contributed by atoms with E-state index in [1.807, 2.05) is 43.3 Å². The van der Waals surface area contributed by atoms with Gasteiger partial charge in [-0.2, -0.15) is 0 Å². The summed E-state index contributed by atoms with van der Waals surface area (Å²) in [6.45, 7) is 1.91. The average Bonchev–Trinajstić information content (AvgIpc) is 2.48. The number of nitrogens with zero attached hydrogens (tertiary/aromatic N) is 1. The van der Waals surface area contributed by atoms with Crippen molar-refractivity contribution in [1.29, 1.82) is 0 Å². The molecule has 2 aromatic carbocycles. The molecule has 1 unspecified atom stereocenters. The Hall–Kier alpha value is -2.42. The summed E-state index contributed by atoms with van der Waals surface area (Å²) in [5.74, 6) is 0.0447. The molecule has 3 nitrogen and oxygen atoms in total. The van der Waals surface area contributed by atoms with Crippen molar-refractivity contribution >= 4 is 17.4 Å². The summed E-state index contributed by atoms with van der Waals surface area (Å²) >= 11 is 0. The van der Waals surface area contributed by atoms with E-state index in [4.69, 9.17) is 0 Å². The third-order valence-corrected chi connectivity index (χ3v) is 3.63. The number of anilines is 1. The Morgan fingerprint density at radius 1 is 1.05 bits per heavy atom. The van der Waals surface area contributed by atoms with Gasteiger partial charge in [-0.25, -0.2) is 0 Å². The number of Topliss-reactive ketones (excluding diaryl/α,β-unsaturated/α-hetero) is 1. The first-order valence-corrected chi connectivity index (χ1v) is 6.69. The summed E-state index contributed by atoms with van der Waals surface area (Å²) in [6.07, 6.45) is 0.371. The number of rotatable bonds is 1. The second-order valence-corrected chi connectivity index (χ2v) is 5.03. The first-order chi connectivity index (χ1) is 9.68. The highest BCUT2D eigenvalue weighted by molar-refractivity contribution is 6.13. The minimum Gasteiger partial charge on any atom is -0.304 e. The molecular formula is C17H15NO2. The van der Waals surface area contributed by atoms with Gasteiger partial charge in [-0.15, -0.1) is 0 Å². The Morgan fingerprint density at radius 3 is 2.45 bits per heavy atom. The van der Waals surface area contributed by atoms with E-state index in [9.17, 15) is 9.59 Å². The Morgan fingerprint density at radius 2 is 1.70 bits per heavy atom. The van der Waals surface area contributed by atoms with Gasteiger partial charge in [0.2, 0.25) is 0 Å². The van der Waals surface area contributed by atoms with Gasteiger partial charge < -0.3 is 4.90 Å². The van der Waals surface area contributed by atoms with Crippen molar-refractivity contribution < 1.29 is 9.59 Å². The van der Waals surface area contributed by atoms with Crippen LogP contribution >= 0.6 is 0 Å². The average molecular weight is 265 g/mol. The third-order valence-electron chi connectivity index (χ3n) is 3.63. The van der Waals surface area contributed by atoms with Gasteiger partial charge in [-0.05, 0) is 31.2 Å². The third kappa shape index (κ3) is 2.01. The van der Waals surface area contributed by atoms with Gasteiger partial charge in [-0.3, -0.25) is 9.59 Å². The molecule has 3 heteroatoms. The van der Waals surface area contributed by atoms with E-state index >= 15 is 0 Å². The van der Waals surface area contributed by atoms with Crippen molar-refractivity contribution in [2.24, 2.45) is 0 Å². The van der Waals surface area contributed by atoms with E-state index in [0.29, 0.717) is 23.2 Å². The normalized spacial score (nSPS) is 17.8. The monoisotopic (exact) mass is 265 g/mol. The maximum absolute atomic E-state index is 12.7. The lowest BCUT2D eigenvalue weighted by Gasteiger charge is -2.34. The van der Waals surface area contributed by atoms with Crippen LogP contribution in [-0.2, 0) is 0 Å². The Kier molecular flexibility index (Phi) is 3.11. The molecule has 1 aliphatic heterocycles. The first-order valence-electron chi connectivity index (χ1n) is 6.69. The lowest BCUT2D eigenvalue weighted by molar-refractivity contribution is 0.0936. The molecule has 1 amide bonds. The van der Waals surface area contributed by atoms with Gasteiger partial charge in [0.15, 0.2) is 5.78 Å². The van der Waals surface area contributed by atoms with Crippen molar-refractivity contribution in [3.05, 3.63) is 65.7 Å². The van der Waals surface area contributed by atoms with Crippen molar-refractivity contribution in [2.45, 2.75) is 19.4 Å². The van der Waals surface area contributed by atoms with Crippen LogP contribution in [0.15, 0.2) is 54.6 Å². The largest absolute Gasteiger partial charge is 0.304 e. The maximum Gasteiger partial charge on any atom is 0.258 e. The van der Waals surface area contributed by atoms with Crippen LogP contribution in [0.25, 0.3) is 0 Å². The molecule has 100 valence electrons. The van der Waals surface area contributed by atoms with Crippen molar-refractivity contribution in [3.8, 4) is 0 Å². The van der Waals surface area contributed by atoms with Crippen LogP contribution in [0.1, 0.15) is 34.1 Å². The molecule has 0 fully saturated rings. The highest BCUT2D eigenvalue weighted by Crippen LogP contribution is 2.31. The minimum atomic E-state index is -0.120. The Bertz CT molecular complexity index is 664. The van der Waals surface area contributed by atoms with Gasteiger partial charge in [-0.1, -0.05) is 30.3 Å². The zero-order chi connectivity index (χ0) is 14.1. The number of amides is 1. The molecule has 0 bridgehead atoms. The molecule has 0 aromatic heterocycles. The van der Waals surface area contributed by atoms with Crippen LogP contribution in [0.2, 0.25) is 0 Å². The van der Waals surface area contributed by atoms with E-state index in [2.05, 4.69) is 0 Å². The number of para-hydroxylation sites is 1. The number of hydrogen-bond acceptors (Lipinski definition) is 2. The summed E-state index contributed by atoms with van der Waals surface area (Å²) in [7, 11) is 0. The number of fused-ring (bicyclic) bond motifs is 1. The number of hydrogen-bond donors (Lipinski definition) is 0. The van der Waals surface area contributed by atoms with Crippen LogP contribution in [-0.4, -0.2) is 17.7 Å². The van der Waals surface area contributed by atoms with E-state index in [-0.39, 0.29) is 17.7 Å². The van der Waals surface area contributed by atoms with Crippen LogP contribution in [0.5, 0.6) is 0 Å². The van der Waals surface area contributed by atoms with Gasteiger partial charge in [0.05, 0.1) is 5.69 Å². The number of carbonyl (C=O) groups is 2. The summed E-state index contributed by atoms with van der Waals surface area (Å²) in [6, 6.07) is 16.4. The first kappa shape index (κ1) is 12.6. The molecule has 0 saturated carbocycles. The van der Waals surface area contributed by atoms with E-state index < -0.39 is 0 Å². The maximum atomic E-state index is 12.7. The van der Waals surface area contributed by atoms with Crippen LogP contribution in [0, 0.1) is 0 Å². The predicted molar refractivity (Wildman–Crippen MR) is 78.1 cm³/mol. The molecule has 0 N–H and O–H groups in total. The summed E-state index contributed by atoms with van der Waals surface area (Å²) in [5.41, 5.74) is 1.99. The summed E-state index contributed by atoms with van der Waals surface area (Å²) < 4.78 is 0. The molecule has 1 heterocycles. The molecule has 20 heavy (non-hydrogen) atoms. The zero-order valence-corrected chi connectivity index (χ0v) is 11.2. The van der Waals surface area contributed by atoms with E-state index in [1.54, 1.807) is 23.1 Å². The molecule has 3 rings (SSSR count). The molecule has 0 saturated heterocycles. The fourth-order valence-electron chi connectivity index (χ4n) is 2.66. The van der Waals surface area contributed by atoms with Crippen molar-refractivity contribution in [1.82, 2.24) is 0 Å². The lowest BCUT2D eigenvalue weighted by atomic mass is 9.94. The zero-order valence-electron chi connectivity index (χ0n) is 11.2. The van der Waals surface area contributed by atoms with Crippen LogP contribution in [0.3, 0.4) is 0 Å². The SMILES string of the molecule is CC1CC(=O)c2ccccc2N1C(=O)c1ccccc1. The second kappa shape index (κ2) is 4.93. The number of ketones is 1. The Labute approximate surface area is 117 Å². The highest BCUT2D eigenvalue weighted by atomic mass is 16.2. The number of carbonyl (C=O) groups excluding carboxylic acids is 2. The van der Waals surface area contributed by atoms with E-state index in [0.717, 1.165) is 0 Å². The quantitative estimate of drug-likeness (QED) is 0.793. The molecule has 1 aliphatic rings. The standard InChI is InChI=1S/C17H15NO2/c1-12-11-16(19)14-9-5-6-10-15(14)18(12)17(20)13-7-3-2-4-8-13/h2-10,12H,11H2,1H3. The molecule has 1 atom stereocenters.